The van der Waals surface area contributed by atoms with Gasteiger partial charge in [-0.15, -0.1) is 17.4 Å². The standard InChI is InChI=1S/C22H20N4O/c1-3-13-22(19-11-7-8-12-20(19)25(2)21(22)27)14-18-16-26(24-23-18)15-17-9-5-4-6-10-17/h1,4-12,16H,13-15H2,2H3/t22-/m0/s1. The second-order valence-corrected chi connectivity index (χ2v) is 6.91. The van der Waals surface area contributed by atoms with Crippen molar-refractivity contribution in [1.29, 1.82) is 0 Å². The number of benzene rings is 2. The van der Waals surface area contributed by atoms with Crippen LogP contribution in [0.1, 0.15) is 23.2 Å². The fraction of sp³-hybridized carbons (Fsp3) is 0.227. The summed E-state index contributed by atoms with van der Waals surface area (Å²) in [5, 5.41) is 8.54. The van der Waals surface area contributed by atoms with Gasteiger partial charge in [0, 0.05) is 31.8 Å². The van der Waals surface area contributed by atoms with Crippen LogP contribution in [0.25, 0.3) is 0 Å². The van der Waals surface area contributed by atoms with Crippen LogP contribution in [0.4, 0.5) is 5.69 Å². The minimum absolute atomic E-state index is 0.0132. The molecule has 3 aromatic rings. The van der Waals surface area contributed by atoms with E-state index in [1.165, 1.54) is 0 Å². The molecule has 0 bridgehead atoms. The molecule has 0 radical (unpaired) electrons. The summed E-state index contributed by atoms with van der Waals surface area (Å²) in [6, 6.07) is 17.9. The number of carbonyl (C=O) groups is 1. The lowest BCUT2D eigenvalue weighted by Crippen LogP contribution is -2.40. The second-order valence-electron chi connectivity index (χ2n) is 6.91. The number of terminal acetylenes is 1. The number of para-hydroxylation sites is 1. The quantitative estimate of drug-likeness (QED) is 0.661. The Kier molecular flexibility index (Phi) is 4.25. The number of hydrogen-bond donors (Lipinski definition) is 0. The van der Waals surface area contributed by atoms with Gasteiger partial charge >= 0.3 is 0 Å². The van der Waals surface area contributed by atoms with Gasteiger partial charge in [-0.3, -0.25) is 4.79 Å². The minimum atomic E-state index is -0.784. The third kappa shape index (κ3) is 2.89. The monoisotopic (exact) mass is 356 g/mol. The van der Waals surface area contributed by atoms with Crippen LogP contribution in [0.2, 0.25) is 0 Å². The van der Waals surface area contributed by atoms with E-state index in [-0.39, 0.29) is 5.91 Å². The molecule has 1 aliphatic heterocycles. The van der Waals surface area contributed by atoms with E-state index in [2.05, 4.69) is 16.2 Å². The first kappa shape index (κ1) is 17.0. The molecule has 0 spiro atoms. The zero-order valence-corrected chi connectivity index (χ0v) is 15.2. The molecule has 0 saturated carbocycles. The highest BCUT2D eigenvalue weighted by Gasteiger charge is 2.49. The Balaban J connectivity index is 1.66. The molecule has 0 saturated heterocycles. The lowest BCUT2D eigenvalue weighted by molar-refractivity contribution is -0.122. The maximum Gasteiger partial charge on any atom is 0.238 e. The predicted molar refractivity (Wildman–Crippen MR) is 104 cm³/mol. The predicted octanol–water partition coefficient (Wildman–Crippen LogP) is 2.81. The molecule has 2 heterocycles. The molecule has 0 unspecified atom stereocenters. The fourth-order valence-corrected chi connectivity index (χ4v) is 3.87. The average Bonchev–Trinajstić information content (AvgIpc) is 3.21. The lowest BCUT2D eigenvalue weighted by Gasteiger charge is -2.25. The Bertz CT molecular complexity index is 1020. The first-order valence-corrected chi connectivity index (χ1v) is 8.88. The number of fused-ring (bicyclic) bond motifs is 1. The van der Waals surface area contributed by atoms with E-state index in [0.717, 1.165) is 22.5 Å². The van der Waals surface area contributed by atoms with Gasteiger partial charge in [-0.05, 0) is 17.2 Å². The first-order chi connectivity index (χ1) is 13.1. The Morgan fingerprint density at radius 3 is 2.63 bits per heavy atom. The molecule has 134 valence electrons. The van der Waals surface area contributed by atoms with E-state index >= 15 is 0 Å². The number of likely N-dealkylation sites (N-methyl/N-ethyl adjacent to an activating group) is 1. The van der Waals surface area contributed by atoms with Crippen molar-refractivity contribution in [3.8, 4) is 12.3 Å². The molecule has 1 aromatic heterocycles. The topological polar surface area (TPSA) is 51.0 Å². The van der Waals surface area contributed by atoms with Crippen molar-refractivity contribution in [3.63, 3.8) is 0 Å². The number of aromatic nitrogens is 3. The van der Waals surface area contributed by atoms with Gasteiger partial charge in [0.1, 0.15) is 0 Å². The molecule has 5 nitrogen and oxygen atoms in total. The molecule has 0 N–H and O–H groups in total. The van der Waals surface area contributed by atoms with Gasteiger partial charge in [-0.25, -0.2) is 4.68 Å². The molecule has 2 aromatic carbocycles. The van der Waals surface area contributed by atoms with Gasteiger partial charge in [-0.2, -0.15) is 0 Å². The van der Waals surface area contributed by atoms with Crippen LogP contribution >= 0.6 is 0 Å². The summed E-state index contributed by atoms with van der Waals surface area (Å²) in [7, 11) is 1.80. The normalized spacial score (nSPS) is 18.4. The molecule has 1 aliphatic rings. The maximum absolute atomic E-state index is 13.2. The number of hydrogen-bond acceptors (Lipinski definition) is 3. The number of carbonyl (C=O) groups excluding carboxylic acids is 1. The van der Waals surface area contributed by atoms with Crippen LogP contribution in [0.3, 0.4) is 0 Å². The SMILES string of the molecule is C#CC[C@@]1(Cc2cn(Cc3ccccc3)nn2)C(=O)N(C)c2ccccc21. The fourth-order valence-electron chi connectivity index (χ4n) is 3.87. The summed E-state index contributed by atoms with van der Waals surface area (Å²) in [4.78, 5) is 14.8. The molecular formula is C22H20N4O. The van der Waals surface area contributed by atoms with E-state index in [9.17, 15) is 4.79 Å². The van der Waals surface area contributed by atoms with Crippen LogP contribution < -0.4 is 4.90 Å². The highest BCUT2D eigenvalue weighted by atomic mass is 16.2. The van der Waals surface area contributed by atoms with Crippen molar-refractivity contribution >= 4 is 11.6 Å². The molecular weight excluding hydrogens is 336 g/mol. The Morgan fingerprint density at radius 2 is 1.85 bits per heavy atom. The van der Waals surface area contributed by atoms with E-state index in [1.54, 1.807) is 16.6 Å². The van der Waals surface area contributed by atoms with Crippen molar-refractivity contribution < 1.29 is 4.79 Å². The first-order valence-electron chi connectivity index (χ1n) is 8.88. The van der Waals surface area contributed by atoms with E-state index in [4.69, 9.17) is 6.42 Å². The number of nitrogens with zero attached hydrogens (tertiary/aromatic N) is 4. The Hall–Kier alpha value is -3.39. The van der Waals surface area contributed by atoms with E-state index in [1.807, 2.05) is 60.8 Å². The third-order valence-corrected chi connectivity index (χ3v) is 5.16. The maximum atomic E-state index is 13.2. The van der Waals surface area contributed by atoms with Crippen LogP contribution in [-0.2, 0) is 23.2 Å². The van der Waals surface area contributed by atoms with Gasteiger partial charge in [0.25, 0.3) is 0 Å². The second kappa shape index (κ2) is 6.73. The Labute approximate surface area is 158 Å². The van der Waals surface area contributed by atoms with Gasteiger partial charge in [-0.1, -0.05) is 53.7 Å². The number of anilines is 1. The van der Waals surface area contributed by atoms with Crippen molar-refractivity contribution in [1.82, 2.24) is 15.0 Å². The molecule has 4 rings (SSSR count). The largest absolute Gasteiger partial charge is 0.314 e. The third-order valence-electron chi connectivity index (χ3n) is 5.16. The summed E-state index contributed by atoms with van der Waals surface area (Å²) in [5.41, 5.74) is 3.00. The van der Waals surface area contributed by atoms with Gasteiger partial charge < -0.3 is 4.90 Å². The minimum Gasteiger partial charge on any atom is -0.314 e. The van der Waals surface area contributed by atoms with E-state index in [0.29, 0.717) is 19.4 Å². The zero-order chi connectivity index (χ0) is 18.9. The molecule has 0 fully saturated rings. The molecule has 1 atom stereocenters. The highest BCUT2D eigenvalue weighted by Crippen LogP contribution is 2.45. The zero-order valence-electron chi connectivity index (χ0n) is 15.2. The molecule has 5 heteroatoms. The Morgan fingerprint density at radius 1 is 1.11 bits per heavy atom. The summed E-state index contributed by atoms with van der Waals surface area (Å²) in [5.74, 6) is 2.72. The molecule has 1 amide bonds. The number of rotatable bonds is 5. The summed E-state index contributed by atoms with van der Waals surface area (Å²) in [6.07, 6.45) is 8.33. The summed E-state index contributed by atoms with van der Waals surface area (Å²) < 4.78 is 1.79. The van der Waals surface area contributed by atoms with Crippen molar-refractivity contribution in [2.24, 2.45) is 0 Å². The van der Waals surface area contributed by atoms with Crippen LogP contribution in [-0.4, -0.2) is 27.9 Å². The highest BCUT2D eigenvalue weighted by molar-refractivity contribution is 6.08. The summed E-state index contributed by atoms with van der Waals surface area (Å²) >= 11 is 0. The molecule has 0 aliphatic carbocycles. The van der Waals surface area contributed by atoms with Gasteiger partial charge in [0.05, 0.1) is 17.7 Å². The van der Waals surface area contributed by atoms with Crippen LogP contribution in [0.15, 0.2) is 60.8 Å². The lowest BCUT2D eigenvalue weighted by atomic mass is 9.75. The van der Waals surface area contributed by atoms with Gasteiger partial charge in [0.15, 0.2) is 0 Å². The van der Waals surface area contributed by atoms with Crippen molar-refractivity contribution in [2.45, 2.75) is 24.8 Å². The molecule has 27 heavy (non-hydrogen) atoms. The van der Waals surface area contributed by atoms with Crippen LogP contribution in [0, 0.1) is 12.3 Å². The van der Waals surface area contributed by atoms with Gasteiger partial charge in [0.2, 0.25) is 5.91 Å². The number of amides is 1. The van der Waals surface area contributed by atoms with Crippen LogP contribution in [0.5, 0.6) is 0 Å². The van der Waals surface area contributed by atoms with E-state index < -0.39 is 5.41 Å². The smallest absolute Gasteiger partial charge is 0.238 e. The summed E-state index contributed by atoms with van der Waals surface area (Å²) in [6.45, 7) is 0.639. The van der Waals surface area contributed by atoms with Crippen molar-refractivity contribution in [3.05, 3.63) is 77.6 Å². The average molecular weight is 356 g/mol. The van der Waals surface area contributed by atoms with Crippen molar-refractivity contribution in [2.75, 3.05) is 11.9 Å².